The Morgan fingerprint density at radius 2 is 1.89 bits per heavy atom. The predicted octanol–water partition coefficient (Wildman–Crippen LogP) is 3.90. The second-order valence-corrected chi connectivity index (χ2v) is 4.95. The summed E-state index contributed by atoms with van der Waals surface area (Å²) in [4.78, 5) is 4.09. The fraction of sp³-hybridized carbons (Fsp3) is 0.267. The van der Waals surface area contributed by atoms with Crippen LogP contribution < -0.4 is 4.74 Å². The Labute approximate surface area is 112 Å². The lowest BCUT2D eigenvalue weighted by molar-refractivity contribution is 0.398. The van der Waals surface area contributed by atoms with Crippen LogP contribution >= 0.6 is 11.6 Å². The average molecular weight is 260 g/mol. The van der Waals surface area contributed by atoms with Crippen LogP contribution in [0.2, 0.25) is 5.15 Å². The first-order valence-electron chi connectivity index (χ1n) is 6.10. The molecule has 2 nitrogen and oxygen atoms in total. The van der Waals surface area contributed by atoms with Crippen molar-refractivity contribution in [1.29, 1.82) is 0 Å². The molecule has 0 unspecified atom stereocenters. The standard InChI is InChI=1S/C15H14ClNO/c1-18-15-9-13(8-14(16)17-15)12-6-5-10-3-2-4-11(10)7-12/h5-9H,2-4H2,1H3. The minimum atomic E-state index is 0.463. The zero-order valence-corrected chi connectivity index (χ0v) is 11.0. The smallest absolute Gasteiger partial charge is 0.214 e. The maximum Gasteiger partial charge on any atom is 0.214 e. The van der Waals surface area contributed by atoms with Crippen molar-refractivity contribution in [2.24, 2.45) is 0 Å². The summed E-state index contributed by atoms with van der Waals surface area (Å²) in [7, 11) is 1.60. The van der Waals surface area contributed by atoms with Gasteiger partial charge in [0.1, 0.15) is 5.15 Å². The fourth-order valence-electron chi connectivity index (χ4n) is 2.50. The number of pyridine rings is 1. The third-order valence-corrected chi connectivity index (χ3v) is 3.61. The lowest BCUT2D eigenvalue weighted by atomic mass is 10.0. The van der Waals surface area contributed by atoms with Gasteiger partial charge in [0.15, 0.2) is 0 Å². The largest absolute Gasteiger partial charge is 0.481 e. The van der Waals surface area contributed by atoms with E-state index >= 15 is 0 Å². The van der Waals surface area contributed by atoms with Crippen LogP contribution in [0.25, 0.3) is 11.1 Å². The molecule has 92 valence electrons. The zero-order valence-electron chi connectivity index (χ0n) is 10.2. The van der Waals surface area contributed by atoms with E-state index in [1.165, 1.54) is 36.0 Å². The molecule has 18 heavy (non-hydrogen) atoms. The Morgan fingerprint density at radius 3 is 2.72 bits per heavy atom. The number of methoxy groups -OCH3 is 1. The van der Waals surface area contributed by atoms with Gasteiger partial charge in [-0.05, 0) is 47.6 Å². The highest BCUT2D eigenvalue weighted by Gasteiger charge is 2.12. The van der Waals surface area contributed by atoms with Crippen molar-refractivity contribution in [3.63, 3.8) is 0 Å². The third kappa shape index (κ3) is 2.08. The van der Waals surface area contributed by atoms with Crippen LogP contribution in [0.15, 0.2) is 30.3 Å². The Balaban J connectivity index is 2.06. The number of fused-ring (bicyclic) bond motifs is 1. The zero-order chi connectivity index (χ0) is 12.5. The molecule has 1 heterocycles. The Bertz CT molecular complexity index is 595. The molecule has 0 N–H and O–H groups in total. The predicted molar refractivity (Wildman–Crippen MR) is 73.3 cm³/mol. The van der Waals surface area contributed by atoms with Crippen LogP contribution in [0.3, 0.4) is 0 Å². The van der Waals surface area contributed by atoms with Gasteiger partial charge in [0.05, 0.1) is 7.11 Å². The highest BCUT2D eigenvalue weighted by molar-refractivity contribution is 6.29. The lowest BCUT2D eigenvalue weighted by Gasteiger charge is -2.07. The topological polar surface area (TPSA) is 22.1 Å². The van der Waals surface area contributed by atoms with Crippen LogP contribution in [0, 0.1) is 0 Å². The average Bonchev–Trinajstić information content (AvgIpc) is 2.85. The van der Waals surface area contributed by atoms with E-state index in [9.17, 15) is 0 Å². The fourth-order valence-corrected chi connectivity index (χ4v) is 2.70. The summed E-state index contributed by atoms with van der Waals surface area (Å²) in [6, 6.07) is 10.4. The highest BCUT2D eigenvalue weighted by atomic mass is 35.5. The number of halogens is 1. The molecule has 1 aliphatic rings. The van der Waals surface area contributed by atoms with Gasteiger partial charge in [0, 0.05) is 6.07 Å². The first kappa shape index (κ1) is 11.5. The first-order chi connectivity index (χ1) is 8.76. The van der Waals surface area contributed by atoms with E-state index < -0.39 is 0 Å². The summed E-state index contributed by atoms with van der Waals surface area (Å²) in [6.45, 7) is 0. The molecule has 1 aromatic heterocycles. The maximum atomic E-state index is 6.00. The van der Waals surface area contributed by atoms with Crippen molar-refractivity contribution in [2.45, 2.75) is 19.3 Å². The summed E-state index contributed by atoms with van der Waals surface area (Å²) in [6.07, 6.45) is 3.65. The summed E-state index contributed by atoms with van der Waals surface area (Å²) >= 11 is 6.00. The quantitative estimate of drug-likeness (QED) is 0.763. The molecule has 0 aliphatic heterocycles. The molecule has 0 atom stereocenters. The van der Waals surface area contributed by atoms with E-state index in [2.05, 4.69) is 23.2 Å². The molecule has 0 fully saturated rings. The molecule has 1 aliphatic carbocycles. The molecule has 0 saturated heterocycles. The molecule has 3 rings (SSSR count). The van der Waals surface area contributed by atoms with Crippen molar-refractivity contribution in [1.82, 2.24) is 4.98 Å². The minimum Gasteiger partial charge on any atom is -0.481 e. The van der Waals surface area contributed by atoms with E-state index in [4.69, 9.17) is 16.3 Å². The van der Waals surface area contributed by atoms with E-state index in [0.29, 0.717) is 11.0 Å². The van der Waals surface area contributed by atoms with E-state index in [1.54, 1.807) is 7.11 Å². The van der Waals surface area contributed by atoms with Crippen molar-refractivity contribution in [2.75, 3.05) is 7.11 Å². The summed E-state index contributed by atoms with van der Waals surface area (Å²) in [5.41, 5.74) is 5.17. The molecular weight excluding hydrogens is 246 g/mol. The number of hydrogen-bond acceptors (Lipinski definition) is 2. The minimum absolute atomic E-state index is 0.463. The van der Waals surface area contributed by atoms with Crippen LogP contribution in [0.1, 0.15) is 17.5 Å². The number of aromatic nitrogens is 1. The third-order valence-electron chi connectivity index (χ3n) is 3.41. The second kappa shape index (κ2) is 4.62. The van der Waals surface area contributed by atoms with Gasteiger partial charge in [-0.15, -0.1) is 0 Å². The van der Waals surface area contributed by atoms with E-state index in [-0.39, 0.29) is 0 Å². The molecule has 0 spiro atoms. The number of ether oxygens (including phenoxy) is 1. The van der Waals surface area contributed by atoms with Crippen molar-refractivity contribution in [3.05, 3.63) is 46.6 Å². The molecule has 3 heteroatoms. The Kier molecular flexibility index (Phi) is 2.96. The van der Waals surface area contributed by atoms with Gasteiger partial charge in [0.2, 0.25) is 5.88 Å². The van der Waals surface area contributed by atoms with Crippen molar-refractivity contribution in [3.8, 4) is 17.0 Å². The SMILES string of the molecule is COc1cc(-c2ccc3c(c2)CCC3)cc(Cl)n1. The monoisotopic (exact) mass is 259 g/mol. The summed E-state index contributed by atoms with van der Waals surface area (Å²) in [5.74, 6) is 0.554. The number of benzene rings is 1. The molecule has 2 aromatic rings. The number of nitrogens with zero attached hydrogens (tertiary/aromatic N) is 1. The molecule has 1 aromatic carbocycles. The molecule has 0 radical (unpaired) electrons. The van der Waals surface area contributed by atoms with Crippen LogP contribution in [0.5, 0.6) is 5.88 Å². The van der Waals surface area contributed by atoms with Gasteiger partial charge < -0.3 is 4.74 Å². The van der Waals surface area contributed by atoms with Crippen molar-refractivity contribution >= 4 is 11.6 Å². The highest BCUT2D eigenvalue weighted by Crippen LogP contribution is 2.30. The number of hydrogen-bond donors (Lipinski definition) is 0. The lowest BCUT2D eigenvalue weighted by Crippen LogP contribution is -1.90. The number of rotatable bonds is 2. The molecule has 0 saturated carbocycles. The van der Waals surface area contributed by atoms with Crippen molar-refractivity contribution < 1.29 is 4.74 Å². The molecular formula is C15H14ClNO. The van der Waals surface area contributed by atoms with Gasteiger partial charge in [-0.25, -0.2) is 4.98 Å². The first-order valence-corrected chi connectivity index (χ1v) is 6.48. The van der Waals surface area contributed by atoms with Gasteiger partial charge >= 0.3 is 0 Å². The normalized spacial score (nSPS) is 13.4. The van der Waals surface area contributed by atoms with Crippen LogP contribution in [-0.4, -0.2) is 12.1 Å². The van der Waals surface area contributed by atoms with E-state index in [0.717, 1.165) is 5.56 Å². The molecule has 0 amide bonds. The Morgan fingerprint density at radius 1 is 1.06 bits per heavy atom. The molecule has 0 bridgehead atoms. The summed E-state index contributed by atoms with van der Waals surface area (Å²) < 4.78 is 5.15. The van der Waals surface area contributed by atoms with E-state index in [1.807, 2.05) is 12.1 Å². The maximum absolute atomic E-state index is 6.00. The van der Waals surface area contributed by atoms with Crippen LogP contribution in [0.4, 0.5) is 0 Å². The second-order valence-electron chi connectivity index (χ2n) is 4.56. The van der Waals surface area contributed by atoms with Gasteiger partial charge in [-0.1, -0.05) is 29.8 Å². The Hall–Kier alpha value is -1.54. The number of aryl methyl sites for hydroxylation is 2. The van der Waals surface area contributed by atoms with Crippen LogP contribution in [-0.2, 0) is 12.8 Å². The van der Waals surface area contributed by atoms with Gasteiger partial charge in [-0.3, -0.25) is 0 Å². The van der Waals surface area contributed by atoms with Gasteiger partial charge in [0.25, 0.3) is 0 Å². The van der Waals surface area contributed by atoms with Gasteiger partial charge in [-0.2, -0.15) is 0 Å². The summed E-state index contributed by atoms with van der Waals surface area (Å²) in [5, 5.41) is 0.463.